The molecule has 17 heavy (non-hydrogen) atoms. The third kappa shape index (κ3) is 4.41. The normalized spacial score (nSPS) is 9.88. The first-order valence-electron chi connectivity index (χ1n) is 4.97. The summed E-state index contributed by atoms with van der Waals surface area (Å²) < 4.78 is 9.64. The smallest absolute Gasteiger partial charge is 0.258 e. The predicted molar refractivity (Wildman–Crippen MR) is 64.6 cm³/mol. The summed E-state index contributed by atoms with van der Waals surface area (Å²) in [5.41, 5.74) is 0. The second-order valence-corrected chi connectivity index (χ2v) is 3.54. The van der Waals surface area contributed by atoms with E-state index >= 15 is 0 Å². The minimum Gasteiger partial charge on any atom is -0.332 e. The van der Waals surface area contributed by atoms with Crippen LogP contribution in [0, 0.1) is 0 Å². The molecule has 0 aromatic heterocycles. The number of benzene rings is 2. The van der Waals surface area contributed by atoms with Gasteiger partial charge in [0.15, 0.2) is 11.5 Å². The molecule has 0 N–H and O–H groups in total. The number of para-hydroxylation sites is 2. The molecule has 0 amide bonds. The van der Waals surface area contributed by atoms with E-state index in [4.69, 9.17) is 19.1 Å². The van der Waals surface area contributed by atoms with Crippen molar-refractivity contribution in [1.82, 2.24) is 0 Å². The lowest BCUT2D eigenvalue weighted by molar-refractivity contribution is -0.148. The minimum atomic E-state index is -0.361. The Morgan fingerprint density at radius 3 is 1.41 bits per heavy atom. The summed E-state index contributed by atoms with van der Waals surface area (Å²) in [5, 5.41) is 0. The summed E-state index contributed by atoms with van der Waals surface area (Å²) in [6.07, 6.45) is 0. The van der Waals surface area contributed by atoms with Crippen LogP contribution >= 0.6 is 9.03 Å². The molecule has 0 aliphatic rings. The van der Waals surface area contributed by atoms with E-state index in [2.05, 4.69) is 0 Å². The average molecular weight is 250 g/mol. The Morgan fingerprint density at radius 1 is 0.588 bits per heavy atom. The first-order valence-corrected chi connectivity index (χ1v) is 5.79. The molecular formula is C12H11O4P. The molecule has 0 aliphatic heterocycles. The quantitative estimate of drug-likeness (QED) is 0.340. The second kappa shape index (κ2) is 6.86. The van der Waals surface area contributed by atoms with Gasteiger partial charge in [-0.25, -0.2) is 0 Å². The fourth-order valence-electron chi connectivity index (χ4n) is 1.10. The molecule has 0 unspecified atom stereocenters. The maximum Gasteiger partial charge on any atom is 0.258 e. The largest absolute Gasteiger partial charge is 0.332 e. The number of hydrogen-bond acceptors (Lipinski definition) is 4. The molecule has 0 saturated heterocycles. The highest BCUT2D eigenvalue weighted by Gasteiger charge is 1.95. The van der Waals surface area contributed by atoms with Crippen LogP contribution in [0.1, 0.15) is 0 Å². The Hall–Kier alpha value is -1.61. The lowest BCUT2D eigenvalue weighted by Crippen LogP contribution is -1.92. The molecule has 5 heteroatoms. The highest BCUT2D eigenvalue weighted by Crippen LogP contribution is 2.20. The van der Waals surface area contributed by atoms with Crippen LogP contribution in [0.2, 0.25) is 0 Å². The lowest BCUT2D eigenvalue weighted by atomic mass is 10.3. The van der Waals surface area contributed by atoms with E-state index in [9.17, 15) is 0 Å². The van der Waals surface area contributed by atoms with Crippen molar-refractivity contribution in [2.45, 2.75) is 0 Å². The van der Waals surface area contributed by atoms with Crippen molar-refractivity contribution in [2.75, 3.05) is 0 Å². The molecule has 0 radical (unpaired) electrons. The van der Waals surface area contributed by atoms with Crippen molar-refractivity contribution in [1.29, 1.82) is 0 Å². The molecule has 0 spiro atoms. The fourth-order valence-corrected chi connectivity index (χ4v) is 1.38. The lowest BCUT2D eigenvalue weighted by Gasteiger charge is -2.04. The molecule has 4 nitrogen and oxygen atoms in total. The van der Waals surface area contributed by atoms with Crippen molar-refractivity contribution in [3.8, 4) is 11.5 Å². The summed E-state index contributed by atoms with van der Waals surface area (Å²) in [4.78, 5) is 9.90. The van der Waals surface area contributed by atoms with Gasteiger partial charge < -0.3 is 9.78 Å². The first-order chi connectivity index (χ1) is 8.45. The number of hydrogen-bond donors (Lipinski definition) is 0. The van der Waals surface area contributed by atoms with Crippen LogP contribution in [0.15, 0.2) is 60.7 Å². The monoisotopic (exact) mass is 250 g/mol. The van der Waals surface area contributed by atoms with Crippen LogP contribution in [0.4, 0.5) is 0 Å². The van der Waals surface area contributed by atoms with Gasteiger partial charge in [0, 0.05) is 0 Å². The van der Waals surface area contributed by atoms with Gasteiger partial charge in [-0.15, -0.1) is 9.35 Å². The van der Waals surface area contributed by atoms with Crippen LogP contribution in [0.5, 0.6) is 11.5 Å². The van der Waals surface area contributed by atoms with E-state index in [1.807, 2.05) is 36.4 Å². The Labute approximate surface area is 101 Å². The van der Waals surface area contributed by atoms with Gasteiger partial charge in [0.05, 0.1) is 0 Å². The van der Waals surface area contributed by atoms with Crippen molar-refractivity contribution >= 4 is 9.03 Å². The maximum absolute atomic E-state index is 4.95. The second-order valence-electron chi connectivity index (χ2n) is 3.04. The standard InChI is InChI=1S/C12H11O4P/c1-3-7-11(8-4-1)13-15-17-16-14-12-9-5-2-6-10-12/h1-10,17H. The van der Waals surface area contributed by atoms with Gasteiger partial charge in [0.2, 0.25) is 0 Å². The van der Waals surface area contributed by atoms with Crippen LogP contribution in [-0.4, -0.2) is 0 Å². The average Bonchev–Trinajstić information content (AvgIpc) is 2.41. The van der Waals surface area contributed by atoms with E-state index in [1.54, 1.807) is 24.3 Å². The van der Waals surface area contributed by atoms with E-state index in [0.29, 0.717) is 11.5 Å². The summed E-state index contributed by atoms with van der Waals surface area (Å²) in [6.45, 7) is 0. The van der Waals surface area contributed by atoms with E-state index < -0.39 is 0 Å². The third-order valence-electron chi connectivity index (χ3n) is 1.83. The van der Waals surface area contributed by atoms with Gasteiger partial charge in [0.1, 0.15) is 0 Å². The van der Waals surface area contributed by atoms with E-state index in [1.165, 1.54) is 0 Å². The third-order valence-corrected chi connectivity index (χ3v) is 2.13. The zero-order chi connectivity index (χ0) is 11.8. The Bertz CT molecular complexity index is 380. The molecule has 0 saturated carbocycles. The SMILES string of the molecule is c1ccc(OOPOOc2ccccc2)cc1. The molecule has 2 rings (SSSR count). The van der Waals surface area contributed by atoms with E-state index in [-0.39, 0.29) is 9.03 Å². The summed E-state index contributed by atoms with van der Waals surface area (Å²) in [5.74, 6) is 1.23. The highest BCUT2D eigenvalue weighted by atomic mass is 31.1. The van der Waals surface area contributed by atoms with Crippen LogP contribution in [0.3, 0.4) is 0 Å². The molecule has 0 fully saturated rings. The molecule has 2 aromatic carbocycles. The maximum atomic E-state index is 4.95. The molecule has 0 atom stereocenters. The van der Waals surface area contributed by atoms with Gasteiger partial charge >= 0.3 is 0 Å². The van der Waals surface area contributed by atoms with Crippen molar-refractivity contribution in [3.63, 3.8) is 0 Å². The Kier molecular flexibility index (Phi) is 4.79. The molecule has 0 heterocycles. The summed E-state index contributed by atoms with van der Waals surface area (Å²) >= 11 is 0. The van der Waals surface area contributed by atoms with Gasteiger partial charge in [-0.3, -0.25) is 0 Å². The van der Waals surface area contributed by atoms with Crippen LogP contribution in [0.25, 0.3) is 0 Å². The van der Waals surface area contributed by atoms with Gasteiger partial charge in [-0.1, -0.05) is 36.4 Å². The Balaban J connectivity index is 1.61. The minimum absolute atomic E-state index is 0.361. The van der Waals surface area contributed by atoms with Crippen molar-refractivity contribution in [2.24, 2.45) is 0 Å². The van der Waals surface area contributed by atoms with Gasteiger partial charge in [-0.2, -0.15) is 0 Å². The van der Waals surface area contributed by atoms with Crippen LogP contribution < -0.4 is 9.78 Å². The van der Waals surface area contributed by atoms with Crippen LogP contribution in [-0.2, 0) is 9.35 Å². The van der Waals surface area contributed by atoms with E-state index in [0.717, 1.165) is 0 Å². The van der Waals surface area contributed by atoms with Crippen molar-refractivity contribution < 1.29 is 19.1 Å². The molecule has 88 valence electrons. The zero-order valence-electron chi connectivity index (χ0n) is 8.91. The van der Waals surface area contributed by atoms with Crippen molar-refractivity contribution in [3.05, 3.63) is 60.7 Å². The summed E-state index contributed by atoms with van der Waals surface area (Å²) in [7, 11) is -0.361. The predicted octanol–water partition coefficient (Wildman–Crippen LogP) is 3.52. The Morgan fingerprint density at radius 2 is 1.00 bits per heavy atom. The van der Waals surface area contributed by atoms with Gasteiger partial charge in [-0.05, 0) is 24.3 Å². The highest BCUT2D eigenvalue weighted by molar-refractivity contribution is 7.25. The molecule has 0 bridgehead atoms. The topological polar surface area (TPSA) is 36.9 Å². The molecule has 0 aliphatic carbocycles. The molecule has 2 aromatic rings. The fraction of sp³-hybridized carbons (Fsp3) is 0. The molecular weight excluding hydrogens is 239 g/mol. The zero-order valence-corrected chi connectivity index (χ0v) is 9.91. The summed E-state index contributed by atoms with van der Waals surface area (Å²) in [6, 6.07) is 18.3. The number of rotatable bonds is 6. The van der Waals surface area contributed by atoms with Gasteiger partial charge in [0.25, 0.3) is 9.03 Å². The first kappa shape index (κ1) is 11.9.